The first-order valence-corrected chi connectivity index (χ1v) is 24.6. The molecule has 0 amide bonds. The van der Waals surface area contributed by atoms with Crippen LogP contribution in [0.1, 0.15) is 123 Å². The SMILES string of the molecule is C.CB(O)N[C@H](C(=O)O)C(C)C.COc1cc2c(cc1OC)[C@H]1C[C@@H](O)[C@H](CC(C)C)CN1CC2.COc1cc2c(cc1OC)[C@H]1C[C@@H](OC(=O)[C@@H](NB(C)O)C(C)C)[C@H](CC(C)C)CN1CC2. The van der Waals surface area contributed by atoms with Gasteiger partial charge in [-0.15, -0.1) is 0 Å². The highest BCUT2D eigenvalue weighted by atomic mass is 16.5. The maximum absolute atomic E-state index is 13.2. The number of fused-ring (bicyclic) bond motifs is 6. The zero-order valence-electron chi connectivity index (χ0n) is 43.0. The number of carboxylic acid groups (broad SMARTS) is 1. The average Bonchev–Trinajstić information content (AvgIpc) is 3.26. The number of carbonyl (C=O) groups excluding carboxylic acids is 1. The number of hydrogen-bond donors (Lipinski definition) is 6. The number of aliphatic hydroxyl groups excluding tert-OH is 1. The molecule has 0 aliphatic carbocycles. The maximum Gasteiger partial charge on any atom is 0.374 e. The first-order chi connectivity index (χ1) is 31.6. The van der Waals surface area contributed by atoms with E-state index in [0.717, 1.165) is 87.7 Å². The van der Waals surface area contributed by atoms with Crippen molar-refractivity contribution in [2.45, 2.75) is 151 Å². The number of aliphatic hydroxyl groups is 1. The van der Waals surface area contributed by atoms with Gasteiger partial charge in [-0.3, -0.25) is 19.4 Å². The summed E-state index contributed by atoms with van der Waals surface area (Å²) in [7, 11) is 5.14. The molecule has 2 aromatic carbocycles. The Labute approximate surface area is 409 Å². The topological polar surface area (TPSA) is 192 Å². The molecular weight excluding hydrogens is 866 g/mol. The van der Waals surface area contributed by atoms with E-state index >= 15 is 0 Å². The van der Waals surface area contributed by atoms with Gasteiger partial charge in [-0.05, 0) is 122 Å². The molecule has 68 heavy (non-hydrogen) atoms. The third-order valence-corrected chi connectivity index (χ3v) is 13.7. The van der Waals surface area contributed by atoms with Gasteiger partial charge in [0.25, 0.3) is 0 Å². The van der Waals surface area contributed by atoms with E-state index in [-0.39, 0.29) is 49.4 Å². The number of hydrogen-bond acceptors (Lipinski definition) is 14. The second-order valence-corrected chi connectivity index (χ2v) is 20.6. The van der Waals surface area contributed by atoms with Gasteiger partial charge in [0.2, 0.25) is 0 Å². The van der Waals surface area contributed by atoms with Gasteiger partial charge in [0.15, 0.2) is 23.0 Å². The summed E-state index contributed by atoms with van der Waals surface area (Å²) in [4.78, 5) is 28.8. The van der Waals surface area contributed by atoms with Crippen LogP contribution in [0.5, 0.6) is 23.0 Å². The fourth-order valence-electron chi connectivity index (χ4n) is 10.5. The molecule has 0 spiro atoms. The standard InChI is InChI=1S/C25H41BN2O5.C19H29NO3.C6H14BNO3.CH4/c1-15(2)10-18-14-28-9-8-17-11-22(31-6)23(32-7)12-19(17)20(28)13-21(18)33-25(29)24(16(3)4)27-26(5)30;1-12(2)7-14-11-20-6-5-13-8-18(22-3)19(23-4)9-15(13)16(20)10-17(14)21;1-4(2)5(6(9)10)8-7(3)11;/h11-12,15-16,18,20-21,24,27,30H,8-10,13-14H2,1-7H3;8-9,12,14,16-17,21H,5-7,10-11H2,1-4H3;4-5,8,11H,1-3H3,(H,9,10);1H4/t18-,20-,21-,24+;14-,16-,17-;5-;/m110./s1. The lowest BCUT2D eigenvalue weighted by Gasteiger charge is -2.47. The fourth-order valence-corrected chi connectivity index (χ4v) is 10.5. The second kappa shape index (κ2) is 27.1. The van der Waals surface area contributed by atoms with Crippen molar-refractivity contribution in [1.29, 1.82) is 0 Å². The number of esters is 1. The van der Waals surface area contributed by atoms with Gasteiger partial charge in [0.05, 0.1) is 34.5 Å². The largest absolute Gasteiger partial charge is 0.493 e. The number of carboxylic acids is 1. The molecule has 8 atom stereocenters. The molecule has 15 nitrogen and oxygen atoms in total. The highest BCUT2D eigenvalue weighted by molar-refractivity contribution is 6.46. The molecule has 2 fully saturated rings. The Hall–Kier alpha value is -3.57. The van der Waals surface area contributed by atoms with E-state index in [0.29, 0.717) is 23.8 Å². The number of carbonyl (C=O) groups is 2. The number of rotatable bonds is 17. The number of nitrogens with zero attached hydrogens (tertiary/aromatic N) is 2. The number of piperidine rings is 2. The highest BCUT2D eigenvalue weighted by Crippen LogP contribution is 2.46. The molecule has 6 N–H and O–H groups in total. The van der Waals surface area contributed by atoms with E-state index in [1.54, 1.807) is 49.1 Å². The Balaban J connectivity index is 0.000000303. The normalized spacial score (nSPS) is 22.9. The second-order valence-electron chi connectivity index (χ2n) is 20.6. The van der Waals surface area contributed by atoms with E-state index in [9.17, 15) is 19.7 Å². The molecule has 0 unspecified atom stereocenters. The van der Waals surface area contributed by atoms with Gasteiger partial charge in [-0.1, -0.05) is 62.8 Å². The summed E-state index contributed by atoms with van der Waals surface area (Å²) in [6.45, 7) is 23.5. The third-order valence-electron chi connectivity index (χ3n) is 13.7. The third kappa shape index (κ3) is 15.7. The van der Waals surface area contributed by atoms with Gasteiger partial charge in [0, 0.05) is 50.6 Å². The van der Waals surface area contributed by atoms with Crippen molar-refractivity contribution in [3.8, 4) is 23.0 Å². The van der Waals surface area contributed by atoms with Crippen LogP contribution in [0.25, 0.3) is 0 Å². The molecule has 2 aromatic rings. The Morgan fingerprint density at radius 3 is 1.44 bits per heavy atom. The van der Waals surface area contributed by atoms with E-state index < -0.39 is 32.2 Å². The minimum Gasteiger partial charge on any atom is -0.493 e. The number of ether oxygens (including phenoxy) is 5. The summed E-state index contributed by atoms with van der Waals surface area (Å²) in [5.41, 5.74) is 5.15. The van der Waals surface area contributed by atoms with Crippen LogP contribution >= 0.6 is 0 Å². The van der Waals surface area contributed by atoms with E-state index in [4.69, 9.17) is 33.8 Å². The Kier molecular flexibility index (Phi) is 23.5. The summed E-state index contributed by atoms with van der Waals surface area (Å²) >= 11 is 0. The lowest BCUT2D eigenvalue weighted by molar-refractivity contribution is -0.161. The van der Waals surface area contributed by atoms with Crippen molar-refractivity contribution in [2.24, 2.45) is 35.5 Å². The lowest BCUT2D eigenvalue weighted by Crippen LogP contribution is -2.53. The summed E-state index contributed by atoms with van der Waals surface area (Å²) in [6, 6.07) is 7.68. The molecule has 2 saturated heterocycles. The predicted molar refractivity (Wildman–Crippen MR) is 272 cm³/mol. The highest BCUT2D eigenvalue weighted by Gasteiger charge is 2.43. The van der Waals surface area contributed by atoms with E-state index in [1.807, 2.05) is 13.8 Å². The molecule has 0 bridgehead atoms. The minimum absolute atomic E-state index is 0. The van der Waals surface area contributed by atoms with Gasteiger partial charge in [0.1, 0.15) is 18.2 Å². The number of benzene rings is 2. The van der Waals surface area contributed by atoms with Crippen LogP contribution in [-0.2, 0) is 27.2 Å². The van der Waals surface area contributed by atoms with Gasteiger partial charge >= 0.3 is 26.0 Å². The fraction of sp³-hybridized carbons (Fsp3) is 0.725. The van der Waals surface area contributed by atoms with Crippen LogP contribution in [0.2, 0.25) is 13.6 Å². The smallest absolute Gasteiger partial charge is 0.374 e. The lowest BCUT2D eigenvalue weighted by atomic mass is 9.79. The average molecular weight is 955 g/mol. The Morgan fingerprint density at radius 1 is 0.662 bits per heavy atom. The van der Waals surface area contributed by atoms with Crippen LogP contribution in [-0.4, -0.2) is 135 Å². The first kappa shape index (κ1) is 58.7. The van der Waals surface area contributed by atoms with E-state index in [1.165, 1.54) is 29.1 Å². The van der Waals surface area contributed by atoms with Crippen LogP contribution in [0.15, 0.2) is 24.3 Å². The van der Waals surface area contributed by atoms with E-state index in [2.05, 4.69) is 72.2 Å². The van der Waals surface area contributed by atoms with Crippen molar-refractivity contribution in [2.75, 3.05) is 54.6 Å². The molecule has 384 valence electrons. The van der Waals surface area contributed by atoms with Crippen molar-refractivity contribution >= 4 is 26.0 Å². The molecule has 0 saturated carbocycles. The van der Waals surface area contributed by atoms with Gasteiger partial charge in [-0.2, -0.15) is 0 Å². The molecule has 4 heterocycles. The molecule has 6 rings (SSSR count). The van der Waals surface area contributed by atoms with Crippen LogP contribution in [0.3, 0.4) is 0 Å². The first-order valence-electron chi connectivity index (χ1n) is 24.6. The maximum atomic E-state index is 13.2. The van der Waals surface area contributed by atoms with Gasteiger partial charge in [-0.25, -0.2) is 0 Å². The number of aliphatic carboxylic acids is 1. The van der Waals surface area contributed by atoms with Crippen LogP contribution in [0.4, 0.5) is 0 Å². The Morgan fingerprint density at radius 2 is 1.06 bits per heavy atom. The summed E-state index contributed by atoms with van der Waals surface area (Å²) in [6.07, 6.45) is 5.31. The summed E-state index contributed by atoms with van der Waals surface area (Å²) in [5, 5.41) is 43.4. The molecule has 0 radical (unpaired) electrons. The minimum atomic E-state index is -0.930. The number of methoxy groups -OCH3 is 4. The molecule has 0 aromatic heterocycles. The molecule has 17 heteroatoms. The van der Waals surface area contributed by atoms with Crippen molar-refractivity contribution in [1.82, 2.24) is 20.3 Å². The summed E-state index contributed by atoms with van der Waals surface area (Å²) in [5.74, 6) is 3.69. The Bertz CT molecular complexity index is 1890. The number of nitrogens with one attached hydrogen (secondary N) is 2. The zero-order chi connectivity index (χ0) is 49.9. The predicted octanol–water partition coefficient (Wildman–Crippen LogP) is 6.77. The van der Waals surface area contributed by atoms with Gasteiger partial charge < -0.3 is 54.4 Å². The molecule has 4 aliphatic heterocycles. The quantitative estimate of drug-likeness (QED) is 0.0719. The van der Waals surface area contributed by atoms with Crippen molar-refractivity contribution in [3.05, 3.63) is 46.5 Å². The monoisotopic (exact) mass is 955 g/mol. The molecular formula is C51H88B2N4O11. The summed E-state index contributed by atoms with van der Waals surface area (Å²) < 4.78 is 28.2. The van der Waals surface area contributed by atoms with Crippen LogP contribution in [0, 0.1) is 35.5 Å². The van der Waals surface area contributed by atoms with Crippen molar-refractivity contribution < 1.29 is 53.5 Å². The van der Waals surface area contributed by atoms with Crippen LogP contribution < -0.4 is 29.4 Å². The zero-order valence-corrected chi connectivity index (χ0v) is 43.0. The van der Waals surface area contributed by atoms with Crippen molar-refractivity contribution in [3.63, 3.8) is 0 Å². The molecule has 4 aliphatic rings.